The fourth-order valence-electron chi connectivity index (χ4n) is 11.8. The summed E-state index contributed by atoms with van der Waals surface area (Å²) in [6.45, 7) is 4.58. The molecule has 0 saturated heterocycles. The number of rotatable bonds is 45. The van der Waals surface area contributed by atoms with E-state index in [2.05, 4.69) is 52.9 Å². The van der Waals surface area contributed by atoms with E-state index in [4.69, 9.17) is 46.0 Å². The zero-order valence-electron chi connectivity index (χ0n) is 52.0. The molecule has 1 aliphatic heterocycles. The van der Waals surface area contributed by atoms with Crippen molar-refractivity contribution in [3.05, 3.63) is 123 Å². The molecule has 0 bridgehead atoms. The Balaban J connectivity index is 0.0000144. The summed E-state index contributed by atoms with van der Waals surface area (Å²) in [4.78, 5) is 78.3. The van der Waals surface area contributed by atoms with Gasteiger partial charge in [0.2, 0.25) is 11.8 Å². The number of carbonyl (C=O) groups excluding carboxylic acids is 4. The van der Waals surface area contributed by atoms with E-state index in [9.17, 15) is 38.1 Å². The van der Waals surface area contributed by atoms with Crippen LogP contribution in [0.15, 0.2) is 84.9 Å². The first kappa shape index (κ1) is 89.9. The first-order valence-electron chi connectivity index (χ1n) is 32.3. The van der Waals surface area contributed by atoms with E-state index in [-0.39, 0.29) is 138 Å². The lowest BCUT2D eigenvalue weighted by atomic mass is 9.76. The molecule has 4 aromatic carbocycles. The molecule has 6 rings (SSSR count). The van der Waals surface area contributed by atoms with Crippen molar-refractivity contribution in [3.8, 4) is 11.1 Å². The van der Waals surface area contributed by atoms with Crippen LogP contribution in [0.3, 0.4) is 0 Å². The Morgan fingerprint density at radius 2 is 1.06 bits per heavy atom. The molecular weight excluding hydrogens is 1270 g/mol. The van der Waals surface area contributed by atoms with Crippen LogP contribution in [0.4, 0.5) is 5.69 Å². The number of likely N-dealkylation sites (N-methyl/N-ethyl adjacent to an activating group) is 1. The molecule has 0 saturated carbocycles. The van der Waals surface area contributed by atoms with Crippen LogP contribution in [0.5, 0.6) is 0 Å². The number of carbonyl (C=O) groups is 4. The van der Waals surface area contributed by atoms with E-state index in [1.165, 1.54) is 16.7 Å². The second-order valence-electron chi connectivity index (χ2n) is 23.6. The number of fused-ring (bicyclic) bond motifs is 2. The molecule has 2 aliphatic rings. The Morgan fingerprint density at radius 1 is 0.564 bits per heavy atom. The molecule has 534 valence electrons. The van der Waals surface area contributed by atoms with Gasteiger partial charge in [-0.1, -0.05) is 199 Å². The summed E-state index contributed by atoms with van der Waals surface area (Å²) in [7, 11) is -6.83. The third-order valence-electron chi connectivity index (χ3n) is 16.7. The molecule has 3 unspecified atom stereocenters. The van der Waals surface area contributed by atoms with Crippen LogP contribution in [-0.4, -0.2) is 81.5 Å². The van der Waals surface area contributed by atoms with Crippen LogP contribution in [0, 0.1) is 5.92 Å². The fourth-order valence-corrected chi connectivity index (χ4v) is 13.7. The monoisotopic (exact) mass is 1390 g/mol. The van der Waals surface area contributed by atoms with Crippen LogP contribution in [0.1, 0.15) is 258 Å². The van der Waals surface area contributed by atoms with Gasteiger partial charge in [-0.25, -0.2) is 0 Å². The number of hydrogen-bond donors (Lipinski definition) is 2. The van der Waals surface area contributed by atoms with Crippen molar-refractivity contribution in [1.29, 1.82) is 0 Å². The van der Waals surface area contributed by atoms with Crippen molar-refractivity contribution in [2.75, 3.05) is 58.6 Å². The molecule has 16 nitrogen and oxygen atoms in total. The molecule has 1 aliphatic carbocycles. The maximum absolute atomic E-state index is 12.9. The predicted octanol–water partition coefficient (Wildman–Crippen LogP) is 19.3. The average molecular weight is 1390 g/mol. The highest BCUT2D eigenvalue weighted by Crippen LogP contribution is 2.44. The first-order chi connectivity index (χ1) is 42.5. The van der Waals surface area contributed by atoms with Gasteiger partial charge >= 0.3 is 0 Å². The van der Waals surface area contributed by atoms with Crippen molar-refractivity contribution in [2.45, 2.75) is 243 Å². The summed E-state index contributed by atoms with van der Waals surface area (Å²) in [6, 6.07) is 28.2. The lowest BCUT2D eigenvalue weighted by Gasteiger charge is -2.32. The number of anilines is 1. The van der Waals surface area contributed by atoms with Gasteiger partial charge in [-0.15, -0.1) is 0 Å². The van der Waals surface area contributed by atoms with Crippen LogP contribution in [-0.2, 0) is 64.1 Å². The van der Waals surface area contributed by atoms with Gasteiger partial charge in [0.15, 0.2) is 0 Å². The van der Waals surface area contributed by atoms with Crippen LogP contribution >= 0.6 is 38.8 Å². The SMILES string of the molecule is C.C.C.C.C.C.CCOCC(CCCOP(=O)([O-])OCCCCCCCCCC(=O)CCC(=O)Nc1ccc(-c2ccccc2)c2c1CN(C)CC2)CCCOP(=O)([O-])OCCCCCCCCCC(=O)CCC(=O)N[C@H]1CC[C@@H](c2ccc(Cl)c(Cl)c2)c2ccccc21. The molecule has 0 aromatic heterocycles. The predicted molar refractivity (Wildman–Crippen MR) is 386 cm³/mol. The molecule has 2 amide bonds. The van der Waals surface area contributed by atoms with E-state index >= 15 is 0 Å². The van der Waals surface area contributed by atoms with Gasteiger partial charge in [-0.05, 0) is 148 Å². The van der Waals surface area contributed by atoms with Gasteiger partial charge in [0.25, 0.3) is 15.6 Å². The summed E-state index contributed by atoms with van der Waals surface area (Å²) in [6.07, 6.45) is 18.2. The molecule has 20 heteroatoms. The summed E-state index contributed by atoms with van der Waals surface area (Å²) >= 11 is 12.5. The quantitative estimate of drug-likeness (QED) is 0.0310. The molecule has 0 radical (unpaired) electrons. The number of nitrogens with one attached hydrogen (secondary N) is 2. The highest BCUT2D eigenvalue weighted by atomic mass is 35.5. The Kier molecular flexibility index (Phi) is 47.2. The number of amides is 2. The number of benzene rings is 4. The molecule has 94 heavy (non-hydrogen) atoms. The van der Waals surface area contributed by atoms with Gasteiger partial charge < -0.3 is 48.2 Å². The van der Waals surface area contributed by atoms with E-state index in [1.807, 2.05) is 61.5 Å². The lowest BCUT2D eigenvalue weighted by molar-refractivity contribution is -0.226. The van der Waals surface area contributed by atoms with Crippen LogP contribution in [0.2, 0.25) is 10.0 Å². The zero-order chi connectivity index (χ0) is 63.0. The minimum atomic E-state index is -4.46. The highest BCUT2D eigenvalue weighted by Gasteiger charge is 2.30. The smallest absolute Gasteiger partial charge is 0.267 e. The topological polar surface area (TPSA) is 222 Å². The lowest BCUT2D eigenvalue weighted by Crippen LogP contribution is -2.32. The van der Waals surface area contributed by atoms with E-state index in [0.717, 1.165) is 137 Å². The Labute approximate surface area is 577 Å². The minimum absolute atomic E-state index is 0. The Morgan fingerprint density at radius 3 is 1.61 bits per heavy atom. The third-order valence-corrected chi connectivity index (χ3v) is 19.4. The molecule has 0 spiro atoms. The van der Waals surface area contributed by atoms with Crippen LogP contribution in [0.25, 0.3) is 11.1 Å². The summed E-state index contributed by atoms with van der Waals surface area (Å²) in [5, 5.41) is 7.30. The third kappa shape index (κ3) is 33.4. The van der Waals surface area contributed by atoms with Gasteiger partial charge in [0.1, 0.15) is 11.6 Å². The van der Waals surface area contributed by atoms with Crippen molar-refractivity contribution in [1.82, 2.24) is 10.2 Å². The number of phosphoric ester groups is 2. The number of unbranched alkanes of at least 4 members (excludes halogenated alkanes) is 12. The highest BCUT2D eigenvalue weighted by molar-refractivity contribution is 7.46. The van der Waals surface area contributed by atoms with E-state index in [1.54, 1.807) is 0 Å². The first-order valence-corrected chi connectivity index (χ1v) is 36.0. The number of phosphoric acid groups is 2. The Hall–Kier alpha value is -4.12. The van der Waals surface area contributed by atoms with Gasteiger partial charge in [0.05, 0.1) is 42.5 Å². The van der Waals surface area contributed by atoms with Crippen molar-refractivity contribution < 1.29 is 60.9 Å². The molecule has 4 aromatic rings. The van der Waals surface area contributed by atoms with Gasteiger partial charge in [-0.3, -0.25) is 28.3 Å². The minimum Gasteiger partial charge on any atom is -0.756 e. The fraction of sp³-hybridized carbons (Fsp3) is 0.622. The number of nitrogens with zero attached hydrogens (tertiary/aromatic N) is 1. The summed E-state index contributed by atoms with van der Waals surface area (Å²) in [5.74, 6) is 0.128. The number of hydrogen-bond acceptors (Lipinski definition) is 14. The van der Waals surface area contributed by atoms with Gasteiger partial charge in [0, 0.05) is 76.4 Å². The normalized spacial score (nSPS) is 15.6. The zero-order valence-corrected chi connectivity index (χ0v) is 55.3. The van der Waals surface area contributed by atoms with Gasteiger partial charge in [-0.2, -0.15) is 0 Å². The molecule has 1 heterocycles. The van der Waals surface area contributed by atoms with Crippen molar-refractivity contribution in [3.63, 3.8) is 0 Å². The number of halogens is 2. The van der Waals surface area contributed by atoms with Crippen LogP contribution < -0.4 is 20.4 Å². The molecular formula is C74H119Cl2N3O13P2-2. The van der Waals surface area contributed by atoms with E-state index < -0.39 is 15.6 Å². The van der Waals surface area contributed by atoms with E-state index in [0.29, 0.717) is 74.6 Å². The number of ketones is 2. The molecule has 2 N–H and O–H groups in total. The average Bonchev–Trinajstić information content (AvgIpc) is 0.794. The van der Waals surface area contributed by atoms with Crippen molar-refractivity contribution in [2.24, 2.45) is 5.92 Å². The number of Topliss-reactive ketones (excluding diaryl/α,β-unsaturated/α-hetero) is 2. The summed E-state index contributed by atoms with van der Waals surface area (Å²) in [5.41, 5.74) is 8.95. The number of ether oxygens (including phenoxy) is 1. The second kappa shape index (κ2) is 49.4. The maximum atomic E-state index is 12.9. The molecule has 0 fully saturated rings. The van der Waals surface area contributed by atoms with Crippen molar-refractivity contribution >= 4 is 67.9 Å². The standard InChI is InChI=1S/C68H97Cl2N3O13P2.6CH4/c1-3-82-51-52(26-24-48-86-88(80,81)84-46-22-13-9-5-7-11-18-30-56(75)35-42-68(77)72-66-40-36-57(53-27-15-14-16-28-53)60-43-44-73(2)50-62(60)66)25-23-47-85-87(78,79)83-45-21-12-8-4-6-10-17-29-55(74)34-41-67(76)71-65-39-37-58(59-31-19-20-32-61(59)65)54-33-38-63(69)64(70)49-54;;;;;;/h14-16,19-20,27-28,31-33,36,38,40,49,52,58,65H,3-13,17-18,21-26,29-30,34-35,37,39,41-48,50-51H2,1-2H3,(H,71,76)(H,72,77)(H,78,79)(H,80,81);6*1H4/p-2/t52?,58-,65-;;;;;;/m0....../s1. The maximum Gasteiger partial charge on any atom is 0.267 e. The molecule has 5 atom stereocenters. The Bertz CT molecular complexity index is 2880. The largest absolute Gasteiger partial charge is 0.756 e. The second-order valence-corrected chi connectivity index (χ2v) is 27.3. The summed E-state index contributed by atoms with van der Waals surface area (Å²) < 4.78 is 50.9.